The molecule has 1 aromatic carbocycles. The number of amides is 1. The van der Waals surface area contributed by atoms with E-state index in [0.29, 0.717) is 6.54 Å². The molecule has 1 fully saturated rings. The summed E-state index contributed by atoms with van der Waals surface area (Å²) in [6.45, 7) is 3.41. The van der Waals surface area contributed by atoms with Gasteiger partial charge >= 0.3 is 0 Å². The summed E-state index contributed by atoms with van der Waals surface area (Å²) < 4.78 is 5.61. The first-order chi connectivity index (χ1) is 10.2. The Morgan fingerprint density at radius 3 is 2.86 bits per heavy atom. The van der Waals surface area contributed by atoms with Crippen molar-refractivity contribution in [2.45, 2.75) is 19.4 Å². The van der Waals surface area contributed by atoms with Crippen LogP contribution in [0.2, 0.25) is 0 Å². The molecular weight excluding hydrogens is 268 g/mol. The van der Waals surface area contributed by atoms with E-state index in [1.165, 1.54) is 0 Å². The first kappa shape index (κ1) is 13.6. The summed E-state index contributed by atoms with van der Waals surface area (Å²) in [5.41, 5.74) is 1.03. The number of rotatable bonds is 4. The molecule has 0 aliphatic carbocycles. The molecule has 0 radical (unpaired) electrons. The molecule has 6 heteroatoms. The van der Waals surface area contributed by atoms with Gasteiger partial charge in [-0.05, 0) is 25.0 Å². The summed E-state index contributed by atoms with van der Waals surface area (Å²) in [4.78, 5) is 15.7. The highest BCUT2D eigenvalue weighted by Crippen LogP contribution is 2.20. The van der Waals surface area contributed by atoms with Crippen LogP contribution in [0.4, 0.5) is 0 Å². The molecule has 0 saturated carbocycles. The molecule has 3 rings (SSSR count). The second kappa shape index (κ2) is 5.95. The van der Waals surface area contributed by atoms with Crippen LogP contribution in [-0.4, -0.2) is 45.5 Å². The van der Waals surface area contributed by atoms with Crippen molar-refractivity contribution in [2.75, 3.05) is 19.7 Å². The molecule has 1 aromatic heterocycles. The molecule has 2 aromatic rings. The van der Waals surface area contributed by atoms with E-state index in [0.717, 1.165) is 24.3 Å². The second-order valence-corrected chi connectivity index (χ2v) is 5.19. The van der Waals surface area contributed by atoms with E-state index in [4.69, 9.17) is 4.74 Å². The number of para-hydroxylation sites is 1. The van der Waals surface area contributed by atoms with Gasteiger partial charge in [-0.1, -0.05) is 18.2 Å². The second-order valence-electron chi connectivity index (χ2n) is 5.19. The van der Waals surface area contributed by atoms with Crippen LogP contribution >= 0.6 is 0 Å². The van der Waals surface area contributed by atoms with Gasteiger partial charge in [0.05, 0.1) is 18.4 Å². The van der Waals surface area contributed by atoms with Gasteiger partial charge in [0, 0.05) is 13.1 Å². The fourth-order valence-corrected chi connectivity index (χ4v) is 2.52. The zero-order chi connectivity index (χ0) is 14.7. The number of aryl methyl sites for hydroxylation is 1. The molecule has 2 heterocycles. The normalized spacial score (nSPS) is 18.0. The molecule has 0 spiro atoms. The third kappa shape index (κ3) is 3.04. The lowest BCUT2D eigenvalue weighted by molar-refractivity contribution is -0.132. The van der Waals surface area contributed by atoms with Crippen molar-refractivity contribution in [3.05, 3.63) is 42.2 Å². The average Bonchev–Trinajstić information content (AvgIpc) is 3.16. The van der Waals surface area contributed by atoms with Gasteiger partial charge in [-0.25, -0.2) is 0 Å². The fraction of sp³-hybridized carbons (Fsp3) is 0.400. The quantitative estimate of drug-likeness (QED) is 0.853. The van der Waals surface area contributed by atoms with Crippen LogP contribution in [-0.2, 0) is 4.79 Å². The van der Waals surface area contributed by atoms with Crippen LogP contribution in [0, 0.1) is 6.92 Å². The van der Waals surface area contributed by atoms with Gasteiger partial charge in [-0.2, -0.15) is 15.0 Å². The Bertz CT molecular complexity index is 612. The topological polar surface area (TPSA) is 60.2 Å². The Balaban J connectivity index is 1.54. The predicted molar refractivity (Wildman–Crippen MR) is 76.9 cm³/mol. The molecule has 1 amide bonds. The van der Waals surface area contributed by atoms with Gasteiger partial charge < -0.3 is 9.64 Å². The predicted octanol–water partition coefficient (Wildman–Crippen LogP) is 1.44. The minimum Gasteiger partial charge on any atom is -0.484 e. The SMILES string of the molecule is Cc1ccccc1OCC(=O)N1CCC(n2nccn2)C1. The lowest BCUT2D eigenvalue weighted by Gasteiger charge is -2.17. The van der Waals surface area contributed by atoms with E-state index in [2.05, 4.69) is 10.2 Å². The summed E-state index contributed by atoms with van der Waals surface area (Å²) in [5, 5.41) is 8.27. The van der Waals surface area contributed by atoms with Gasteiger partial charge in [0.15, 0.2) is 6.61 Å². The van der Waals surface area contributed by atoms with Gasteiger partial charge in [-0.3, -0.25) is 4.79 Å². The van der Waals surface area contributed by atoms with E-state index < -0.39 is 0 Å². The van der Waals surface area contributed by atoms with Crippen LogP contribution in [0.25, 0.3) is 0 Å². The molecule has 1 unspecified atom stereocenters. The van der Waals surface area contributed by atoms with Gasteiger partial charge in [-0.15, -0.1) is 0 Å². The highest BCUT2D eigenvalue weighted by Gasteiger charge is 2.28. The third-order valence-corrected chi connectivity index (χ3v) is 3.72. The number of likely N-dealkylation sites (tertiary alicyclic amines) is 1. The highest BCUT2D eigenvalue weighted by atomic mass is 16.5. The Kier molecular flexibility index (Phi) is 3.85. The van der Waals surface area contributed by atoms with Crippen molar-refractivity contribution in [1.82, 2.24) is 19.9 Å². The third-order valence-electron chi connectivity index (χ3n) is 3.72. The minimum atomic E-state index is 0.00732. The molecule has 1 aliphatic rings. The number of nitrogens with zero attached hydrogens (tertiary/aromatic N) is 4. The van der Waals surface area contributed by atoms with Crippen LogP contribution in [0.1, 0.15) is 18.0 Å². The number of carbonyl (C=O) groups is 1. The zero-order valence-electron chi connectivity index (χ0n) is 12.0. The molecule has 1 saturated heterocycles. The molecule has 110 valence electrons. The van der Waals surface area contributed by atoms with Crippen molar-refractivity contribution in [2.24, 2.45) is 0 Å². The van der Waals surface area contributed by atoms with E-state index in [1.807, 2.05) is 36.1 Å². The molecule has 0 N–H and O–H groups in total. The number of hydrogen-bond donors (Lipinski definition) is 0. The van der Waals surface area contributed by atoms with E-state index in [9.17, 15) is 4.79 Å². The smallest absolute Gasteiger partial charge is 0.260 e. The van der Waals surface area contributed by atoms with Crippen molar-refractivity contribution in [3.8, 4) is 5.75 Å². The lowest BCUT2D eigenvalue weighted by Crippen LogP contribution is -2.33. The Hall–Kier alpha value is -2.37. The number of aromatic nitrogens is 3. The van der Waals surface area contributed by atoms with Crippen molar-refractivity contribution in [3.63, 3.8) is 0 Å². The highest BCUT2D eigenvalue weighted by molar-refractivity contribution is 5.78. The van der Waals surface area contributed by atoms with Crippen molar-refractivity contribution >= 4 is 5.91 Å². The average molecular weight is 286 g/mol. The molecule has 21 heavy (non-hydrogen) atoms. The standard InChI is InChI=1S/C15H18N4O2/c1-12-4-2-3-5-14(12)21-11-15(20)18-9-6-13(10-18)19-16-7-8-17-19/h2-5,7-8,13H,6,9-11H2,1H3. The Morgan fingerprint density at radius 2 is 2.10 bits per heavy atom. The summed E-state index contributed by atoms with van der Waals surface area (Å²) in [6.07, 6.45) is 4.20. The van der Waals surface area contributed by atoms with Crippen LogP contribution in [0.15, 0.2) is 36.7 Å². The molecule has 1 aliphatic heterocycles. The zero-order valence-corrected chi connectivity index (χ0v) is 12.0. The monoisotopic (exact) mass is 286 g/mol. The minimum absolute atomic E-state index is 0.00732. The maximum absolute atomic E-state index is 12.2. The van der Waals surface area contributed by atoms with E-state index in [1.54, 1.807) is 17.2 Å². The summed E-state index contributed by atoms with van der Waals surface area (Å²) >= 11 is 0. The number of benzene rings is 1. The van der Waals surface area contributed by atoms with Crippen LogP contribution in [0.5, 0.6) is 5.75 Å². The number of hydrogen-bond acceptors (Lipinski definition) is 4. The fourth-order valence-electron chi connectivity index (χ4n) is 2.52. The summed E-state index contributed by atoms with van der Waals surface area (Å²) in [5.74, 6) is 0.767. The van der Waals surface area contributed by atoms with E-state index in [-0.39, 0.29) is 18.6 Å². The summed E-state index contributed by atoms with van der Waals surface area (Å²) in [7, 11) is 0. The van der Waals surface area contributed by atoms with Crippen LogP contribution < -0.4 is 4.74 Å². The lowest BCUT2D eigenvalue weighted by atomic mass is 10.2. The van der Waals surface area contributed by atoms with Crippen LogP contribution in [0.3, 0.4) is 0 Å². The summed E-state index contributed by atoms with van der Waals surface area (Å²) in [6, 6.07) is 7.87. The Labute approximate surface area is 123 Å². The molecule has 1 atom stereocenters. The number of ether oxygens (including phenoxy) is 1. The van der Waals surface area contributed by atoms with Crippen molar-refractivity contribution in [1.29, 1.82) is 0 Å². The van der Waals surface area contributed by atoms with E-state index >= 15 is 0 Å². The first-order valence-corrected chi connectivity index (χ1v) is 7.06. The Morgan fingerprint density at radius 1 is 1.33 bits per heavy atom. The maximum atomic E-state index is 12.2. The first-order valence-electron chi connectivity index (χ1n) is 7.06. The molecule has 6 nitrogen and oxygen atoms in total. The van der Waals surface area contributed by atoms with Gasteiger partial charge in [0.1, 0.15) is 5.75 Å². The largest absolute Gasteiger partial charge is 0.484 e. The van der Waals surface area contributed by atoms with Crippen molar-refractivity contribution < 1.29 is 9.53 Å². The van der Waals surface area contributed by atoms with Gasteiger partial charge in [0.25, 0.3) is 5.91 Å². The number of carbonyl (C=O) groups excluding carboxylic acids is 1. The molecule has 0 bridgehead atoms. The maximum Gasteiger partial charge on any atom is 0.260 e. The van der Waals surface area contributed by atoms with Gasteiger partial charge in [0.2, 0.25) is 0 Å². The molecular formula is C15H18N4O2.